The van der Waals surface area contributed by atoms with Gasteiger partial charge in [0.15, 0.2) is 0 Å². The fourth-order valence-corrected chi connectivity index (χ4v) is 5.69. The van der Waals surface area contributed by atoms with Crippen LogP contribution in [0.1, 0.15) is 74.1 Å². The second kappa shape index (κ2) is 8.05. The Labute approximate surface area is 151 Å². The van der Waals surface area contributed by atoms with Crippen LogP contribution in [-0.4, -0.2) is 60.1 Å². The minimum Gasteiger partial charge on any atom is -0.311 e. The zero-order valence-electron chi connectivity index (χ0n) is 17.5. The van der Waals surface area contributed by atoms with Gasteiger partial charge < -0.3 is 10.2 Å². The van der Waals surface area contributed by atoms with Crippen LogP contribution in [0.15, 0.2) is 0 Å². The highest BCUT2D eigenvalue weighted by atomic mass is 15.3. The van der Waals surface area contributed by atoms with Crippen molar-refractivity contribution in [2.75, 3.05) is 32.7 Å². The van der Waals surface area contributed by atoms with Gasteiger partial charge in [-0.3, -0.25) is 4.90 Å². The summed E-state index contributed by atoms with van der Waals surface area (Å²) in [7, 11) is 0. The Balaban J connectivity index is 0.00000100. The lowest BCUT2D eigenvalue weighted by atomic mass is 9.67. The van der Waals surface area contributed by atoms with Crippen LogP contribution in [0.3, 0.4) is 0 Å². The third-order valence-corrected chi connectivity index (χ3v) is 6.86. The lowest BCUT2D eigenvalue weighted by molar-refractivity contribution is 0.0137. The van der Waals surface area contributed by atoms with Gasteiger partial charge in [-0.1, -0.05) is 34.6 Å². The maximum absolute atomic E-state index is 3.65. The average Bonchev–Trinajstić information content (AvgIpc) is 3.19. The van der Waals surface area contributed by atoms with Crippen molar-refractivity contribution in [3.05, 3.63) is 0 Å². The minimum atomic E-state index is 0.340. The third kappa shape index (κ3) is 4.34. The molecule has 3 heteroatoms. The number of piperazine rings is 1. The molecule has 0 radical (unpaired) electrons. The molecule has 0 amide bonds. The van der Waals surface area contributed by atoms with Crippen molar-refractivity contribution in [2.45, 2.75) is 91.8 Å². The number of rotatable bonds is 5. The molecule has 2 bridgehead atoms. The van der Waals surface area contributed by atoms with Gasteiger partial charge in [-0.25, -0.2) is 0 Å². The highest BCUT2D eigenvalue weighted by Crippen LogP contribution is 2.44. The molecule has 24 heavy (non-hydrogen) atoms. The highest BCUT2D eigenvalue weighted by molar-refractivity contribution is 5.04. The molecular weight excluding hydrogens is 294 g/mol. The van der Waals surface area contributed by atoms with Crippen molar-refractivity contribution < 1.29 is 0 Å². The van der Waals surface area contributed by atoms with Crippen LogP contribution in [0, 0.1) is 11.3 Å². The lowest BCUT2D eigenvalue weighted by Crippen LogP contribution is -2.55. The van der Waals surface area contributed by atoms with Crippen LogP contribution >= 0.6 is 0 Å². The van der Waals surface area contributed by atoms with E-state index in [0.717, 1.165) is 18.0 Å². The number of piperidine rings is 1. The summed E-state index contributed by atoms with van der Waals surface area (Å²) in [6, 6.07) is 1.55. The first kappa shape index (κ1) is 20.2. The number of nitrogens with zero attached hydrogens (tertiary/aromatic N) is 2. The molecule has 0 aliphatic carbocycles. The quantitative estimate of drug-likeness (QED) is 0.818. The third-order valence-electron chi connectivity index (χ3n) is 6.86. The van der Waals surface area contributed by atoms with E-state index in [1.165, 1.54) is 58.4 Å². The summed E-state index contributed by atoms with van der Waals surface area (Å²) in [5.74, 6) is 0.896. The standard InChI is InChI=1S/C19H37N3.C2H6/c1-6-21-9-7-15(8-10-21)18(2,3)14-19(4,5)22-13-16-11-17(22)12-20-16;1-2/h15-17,20H,6-14H2,1-5H3;1-2H3/t16-,17-;/m0./s1. The molecule has 0 spiro atoms. The van der Waals surface area contributed by atoms with Crippen LogP contribution in [0.2, 0.25) is 0 Å². The van der Waals surface area contributed by atoms with E-state index in [0.29, 0.717) is 11.0 Å². The monoisotopic (exact) mass is 337 g/mol. The highest BCUT2D eigenvalue weighted by Gasteiger charge is 2.47. The summed E-state index contributed by atoms with van der Waals surface area (Å²) in [6.07, 6.45) is 5.49. The maximum atomic E-state index is 3.65. The van der Waals surface area contributed by atoms with Gasteiger partial charge in [-0.2, -0.15) is 0 Å². The van der Waals surface area contributed by atoms with Crippen molar-refractivity contribution in [3.63, 3.8) is 0 Å². The molecule has 3 rings (SSSR count). The van der Waals surface area contributed by atoms with Gasteiger partial charge in [-0.15, -0.1) is 0 Å². The van der Waals surface area contributed by atoms with Gasteiger partial charge in [0.1, 0.15) is 0 Å². The van der Waals surface area contributed by atoms with Gasteiger partial charge in [0.2, 0.25) is 0 Å². The van der Waals surface area contributed by atoms with E-state index in [2.05, 4.69) is 49.7 Å². The van der Waals surface area contributed by atoms with Crippen LogP contribution in [0.5, 0.6) is 0 Å². The van der Waals surface area contributed by atoms with E-state index in [9.17, 15) is 0 Å². The molecular formula is C21H43N3. The summed E-state index contributed by atoms with van der Waals surface area (Å²) in [5.41, 5.74) is 0.797. The maximum Gasteiger partial charge on any atom is 0.0242 e. The fourth-order valence-electron chi connectivity index (χ4n) is 5.69. The van der Waals surface area contributed by atoms with Crippen LogP contribution in [0.4, 0.5) is 0 Å². The summed E-state index contributed by atoms with van der Waals surface area (Å²) < 4.78 is 0. The van der Waals surface area contributed by atoms with Gasteiger partial charge in [-0.05, 0) is 70.5 Å². The molecule has 3 aliphatic heterocycles. The lowest BCUT2D eigenvalue weighted by Gasteiger charge is -2.49. The summed E-state index contributed by atoms with van der Waals surface area (Å²) >= 11 is 0. The average molecular weight is 338 g/mol. The van der Waals surface area contributed by atoms with E-state index in [1.54, 1.807) is 0 Å². The van der Waals surface area contributed by atoms with Crippen molar-refractivity contribution in [2.24, 2.45) is 11.3 Å². The van der Waals surface area contributed by atoms with Gasteiger partial charge in [0.05, 0.1) is 0 Å². The van der Waals surface area contributed by atoms with E-state index < -0.39 is 0 Å². The summed E-state index contributed by atoms with van der Waals surface area (Å²) in [5, 5.41) is 3.65. The number of hydrogen-bond acceptors (Lipinski definition) is 3. The molecule has 142 valence electrons. The Hall–Kier alpha value is -0.120. The van der Waals surface area contributed by atoms with Gasteiger partial charge >= 0.3 is 0 Å². The zero-order chi connectivity index (χ0) is 18.0. The van der Waals surface area contributed by atoms with Crippen LogP contribution in [0.25, 0.3) is 0 Å². The molecule has 0 aromatic carbocycles. The second-order valence-corrected chi connectivity index (χ2v) is 9.33. The molecule has 0 saturated carbocycles. The molecule has 0 aromatic heterocycles. The summed E-state index contributed by atoms with van der Waals surface area (Å²) in [4.78, 5) is 5.43. The molecule has 3 fully saturated rings. The molecule has 3 aliphatic rings. The van der Waals surface area contributed by atoms with Crippen molar-refractivity contribution in [3.8, 4) is 0 Å². The number of fused-ring (bicyclic) bond motifs is 2. The molecule has 3 nitrogen and oxygen atoms in total. The zero-order valence-corrected chi connectivity index (χ0v) is 17.5. The Kier molecular flexibility index (Phi) is 6.78. The van der Waals surface area contributed by atoms with Crippen LogP contribution in [-0.2, 0) is 0 Å². The number of hydrogen-bond donors (Lipinski definition) is 1. The predicted molar refractivity (Wildman–Crippen MR) is 106 cm³/mol. The molecule has 0 unspecified atom stereocenters. The Morgan fingerprint density at radius 3 is 2.12 bits per heavy atom. The first-order valence-electron chi connectivity index (χ1n) is 10.5. The van der Waals surface area contributed by atoms with Crippen molar-refractivity contribution in [1.82, 2.24) is 15.1 Å². The molecule has 0 aromatic rings. The first-order chi connectivity index (χ1) is 11.3. The molecule has 1 N–H and O–H groups in total. The Bertz CT molecular complexity index is 383. The number of nitrogens with one attached hydrogen (secondary N) is 1. The van der Waals surface area contributed by atoms with Gasteiger partial charge in [0.25, 0.3) is 0 Å². The fraction of sp³-hybridized carbons (Fsp3) is 1.00. The smallest absolute Gasteiger partial charge is 0.0242 e. The van der Waals surface area contributed by atoms with Crippen molar-refractivity contribution >= 4 is 0 Å². The SMILES string of the molecule is CC.CCN1CCC(C(C)(C)CC(C)(C)N2C[C@@H]3C[C@H]2CN3)CC1. The van der Waals surface area contributed by atoms with Crippen LogP contribution < -0.4 is 5.32 Å². The largest absolute Gasteiger partial charge is 0.311 e. The second-order valence-electron chi connectivity index (χ2n) is 9.33. The number of likely N-dealkylation sites (tertiary alicyclic amines) is 2. The molecule has 3 heterocycles. The van der Waals surface area contributed by atoms with E-state index in [1.807, 2.05) is 13.8 Å². The van der Waals surface area contributed by atoms with E-state index in [-0.39, 0.29) is 0 Å². The Morgan fingerprint density at radius 1 is 1.04 bits per heavy atom. The van der Waals surface area contributed by atoms with E-state index >= 15 is 0 Å². The summed E-state index contributed by atoms with van der Waals surface area (Å²) in [6.45, 7) is 22.7. The Morgan fingerprint density at radius 2 is 1.67 bits per heavy atom. The topological polar surface area (TPSA) is 18.5 Å². The normalized spacial score (nSPS) is 29.6. The van der Waals surface area contributed by atoms with E-state index in [4.69, 9.17) is 0 Å². The van der Waals surface area contributed by atoms with Crippen molar-refractivity contribution in [1.29, 1.82) is 0 Å². The first-order valence-corrected chi connectivity index (χ1v) is 10.5. The molecule has 3 saturated heterocycles. The molecule has 2 atom stereocenters. The van der Waals surface area contributed by atoms with Gasteiger partial charge in [0, 0.05) is 30.7 Å². The predicted octanol–water partition coefficient (Wildman–Crippen LogP) is 3.99. The minimum absolute atomic E-state index is 0.340.